The Morgan fingerprint density at radius 2 is 1.92 bits per heavy atom. The van der Waals surface area contributed by atoms with Crippen molar-refractivity contribution in [1.82, 2.24) is 10.5 Å². The van der Waals surface area contributed by atoms with Crippen molar-refractivity contribution in [3.05, 3.63) is 71.7 Å². The van der Waals surface area contributed by atoms with Gasteiger partial charge in [0.05, 0.1) is 24.4 Å². The van der Waals surface area contributed by atoms with Crippen LogP contribution in [0.1, 0.15) is 11.3 Å². The van der Waals surface area contributed by atoms with Crippen molar-refractivity contribution in [2.75, 3.05) is 13.2 Å². The van der Waals surface area contributed by atoms with Crippen molar-refractivity contribution in [2.45, 2.75) is 18.5 Å². The molecule has 0 aliphatic carbocycles. The van der Waals surface area contributed by atoms with Crippen molar-refractivity contribution in [1.29, 1.82) is 0 Å². The minimum atomic E-state index is -0.238. The van der Waals surface area contributed by atoms with Gasteiger partial charge in [0.1, 0.15) is 11.6 Å². The van der Waals surface area contributed by atoms with E-state index in [2.05, 4.69) is 10.5 Å². The molecule has 3 aromatic rings. The Hall–Kier alpha value is -2.70. The standard InChI is InChI=1S/C20H19FN2O3/c21-16-6-4-14(5-7-16)11-22-20(12-25-13-20)10-17-9-19(26-23-17)15-2-1-3-18(24)8-15/h1-9,22,24H,10-13H2. The van der Waals surface area contributed by atoms with Gasteiger partial charge in [-0.15, -0.1) is 0 Å². The summed E-state index contributed by atoms with van der Waals surface area (Å²) in [6.07, 6.45) is 0.663. The second-order valence-corrected chi connectivity index (χ2v) is 6.66. The van der Waals surface area contributed by atoms with Crippen LogP contribution >= 0.6 is 0 Å². The molecule has 5 nitrogen and oxygen atoms in total. The number of nitrogens with zero attached hydrogens (tertiary/aromatic N) is 1. The number of rotatable bonds is 6. The Bertz CT molecular complexity index is 888. The Morgan fingerprint density at radius 1 is 1.12 bits per heavy atom. The number of phenols is 1. The average molecular weight is 354 g/mol. The number of halogens is 1. The zero-order chi connectivity index (χ0) is 18.0. The topological polar surface area (TPSA) is 67.5 Å². The number of aromatic hydroxyl groups is 1. The molecule has 1 aliphatic heterocycles. The van der Waals surface area contributed by atoms with E-state index in [-0.39, 0.29) is 17.1 Å². The van der Waals surface area contributed by atoms with Gasteiger partial charge in [-0.05, 0) is 29.8 Å². The molecule has 2 heterocycles. The largest absolute Gasteiger partial charge is 0.508 e. The van der Waals surface area contributed by atoms with E-state index in [1.165, 1.54) is 12.1 Å². The molecule has 134 valence electrons. The highest BCUT2D eigenvalue weighted by Crippen LogP contribution is 2.27. The first-order chi connectivity index (χ1) is 12.6. The molecule has 0 spiro atoms. The maximum atomic E-state index is 13.0. The Kier molecular flexibility index (Phi) is 4.44. The number of phenolic OH excluding ortho intramolecular Hbond substituents is 1. The van der Waals surface area contributed by atoms with Gasteiger partial charge in [0.25, 0.3) is 0 Å². The number of hydrogen-bond acceptors (Lipinski definition) is 5. The molecule has 2 N–H and O–H groups in total. The molecular formula is C20H19FN2O3. The van der Waals surface area contributed by atoms with Gasteiger partial charge in [-0.25, -0.2) is 4.39 Å². The van der Waals surface area contributed by atoms with Gasteiger partial charge in [-0.2, -0.15) is 0 Å². The lowest BCUT2D eigenvalue weighted by Crippen LogP contribution is -2.61. The van der Waals surface area contributed by atoms with Crippen LogP contribution in [-0.4, -0.2) is 29.0 Å². The molecule has 4 rings (SSSR count). The lowest BCUT2D eigenvalue weighted by atomic mass is 9.90. The maximum absolute atomic E-state index is 13.0. The molecule has 0 bridgehead atoms. The smallest absolute Gasteiger partial charge is 0.167 e. The summed E-state index contributed by atoms with van der Waals surface area (Å²) in [7, 11) is 0. The summed E-state index contributed by atoms with van der Waals surface area (Å²) in [4.78, 5) is 0. The van der Waals surface area contributed by atoms with Gasteiger partial charge in [0.2, 0.25) is 0 Å². The van der Waals surface area contributed by atoms with Crippen LogP contribution in [0.2, 0.25) is 0 Å². The van der Waals surface area contributed by atoms with Crippen molar-refractivity contribution in [3.8, 4) is 17.1 Å². The lowest BCUT2D eigenvalue weighted by Gasteiger charge is -2.42. The second-order valence-electron chi connectivity index (χ2n) is 6.66. The number of benzene rings is 2. The molecule has 6 heteroatoms. The summed E-state index contributed by atoms with van der Waals surface area (Å²) in [6, 6.07) is 15.2. The molecule has 26 heavy (non-hydrogen) atoms. The monoisotopic (exact) mass is 354 g/mol. The van der Waals surface area contributed by atoms with Crippen molar-refractivity contribution >= 4 is 0 Å². The Morgan fingerprint density at radius 3 is 2.62 bits per heavy atom. The van der Waals surface area contributed by atoms with Crippen LogP contribution in [0.4, 0.5) is 4.39 Å². The highest BCUT2D eigenvalue weighted by atomic mass is 19.1. The molecule has 0 radical (unpaired) electrons. The number of aromatic nitrogens is 1. The van der Waals surface area contributed by atoms with E-state index in [1.54, 1.807) is 30.3 Å². The van der Waals surface area contributed by atoms with Crippen LogP contribution in [-0.2, 0) is 17.7 Å². The first-order valence-corrected chi connectivity index (χ1v) is 8.44. The summed E-state index contributed by atoms with van der Waals surface area (Å²) < 4.78 is 23.9. The van der Waals surface area contributed by atoms with E-state index in [0.717, 1.165) is 16.8 Å². The molecule has 1 fully saturated rings. The maximum Gasteiger partial charge on any atom is 0.167 e. The van der Waals surface area contributed by atoms with Gasteiger partial charge < -0.3 is 19.7 Å². The third-order valence-electron chi connectivity index (χ3n) is 4.55. The van der Waals surface area contributed by atoms with Crippen molar-refractivity contribution in [2.24, 2.45) is 0 Å². The molecule has 1 aromatic heterocycles. The molecule has 1 aliphatic rings. The van der Waals surface area contributed by atoms with Crippen molar-refractivity contribution in [3.63, 3.8) is 0 Å². The van der Waals surface area contributed by atoms with Gasteiger partial charge in [-0.1, -0.05) is 29.4 Å². The fraction of sp³-hybridized carbons (Fsp3) is 0.250. The Balaban J connectivity index is 1.44. The molecule has 2 aromatic carbocycles. The summed E-state index contributed by atoms with van der Waals surface area (Å²) in [5.74, 6) is 0.563. The summed E-state index contributed by atoms with van der Waals surface area (Å²) in [6.45, 7) is 1.80. The highest BCUT2D eigenvalue weighted by molar-refractivity contribution is 5.59. The minimum Gasteiger partial charge on any atom is -0.508 e. The zero-order valence-electron chi connectivity index (χ0n) is 14.1. The SMILES string of the molecule is Oc1cccc(-c2cc(CC3(NCc4ccc(F)cc4)COC3)no2)c1. The average Bonchev–Trinajstić information content (AvgIpc) is 3.07. The van der Waals surface area contributed by atoms with Crippen molar-refractivity contribution < 1.29 is 18.8 Å². The lowest BCUT2D eigenvalue weighted by molar-refractivity contribution is -0.0755. The van der Waals surface area contributed by atoms with Gasteiger partial charge in [0.15, 0.2) is 5.76 Å². The summed E-state index contributed by atoms with van der Waals surface area (Å²) in [5, 5.41) is 17.3. The zero-order valence-corrected chi connectivity index (χ0v) is 14.1. The predicted molar refractivity (Wildman–Crippen MR) is 94.1 cm³/mol. The third-order valence-corrected chi connectivity index (χ3v) is 4.55. The normalized spacial score (nSPS) is 15.6. The minimum absolute atomic E-state index is 0.185. The summed E-state index contributed by atoms with van der Waals surface area (Å²) in [5.41, 5.74) is 2.40. The fourth-order valence-electron chi connectivity index (χ4n) is 3.04. The molecule has 1 saturated heterocycles. The first-order valence-electron chi connectivity index (χ1n) is 8.44. The van der Waals surface area contributed by atoms with E-state index in [0.29, 0.717) is 31.9 Å². The first kappa shape index (κ1) is 16.8. The van der Waals surface area contributed by atoms with E-state index in [1.807, 2.05) is 12.1 Å². The van der Waals surface area contributed by atoms with Gasteiger partial charge >= 0.3 is 0 Å². The van der Waals surface area contributed by atoms with E-state index in [9.17, 15) is 9.50 Å². The Labute approximate surface area is 150 Å². The quantitative estimate of drug-likeness (QED) is 0.711. The van der Waals surface area contributed by atoms with Crippen LogP contribution in [0.3, 0.4) is 0 Å². The fourth-order valence-corrected chi connectivity index (χ4v) is 3.04. The van der Waals surface area contributed by atoms with E-state index < -0.39 is 0 Å². The predicted octanol–water partition coefficient (Wildman–Crippen LogP) is 3.29. The van der Waals surface area contributed by atoms with Crippen LogP contribution in [0, 0.1) is 5.82 Å². The van der Waals surface area contributed by atoms with Gasteiger partial charge in [0, 0.05) is 24.6 Å². The number of nitrogens with one attached hydrogen (secondary N) is 1. The number of hydrogen-bond donors (Lipinski definition) is 2. The van der Waals surface area contributed by atoms with Crippen LogP contribution in [0.15, 0.2) is 59.1 Å². The van der Waals surface area contributed by atoms with E-state index >= 15 is 0 Å². The number of ether oxygens (including phenoxy) is 1. The van der Waals surface area contributed by atoms with Crippen LogP contribution < -0.4 is 5.32 Å². The van der Waals surface area contributed by atoms with Crippen LogP contribution in [0.5, 0.6) is 5.75 Å². The van der Waals surface area contributed by atoms with Crippen LogP contribution in [0.25, 0.3) is 11.3 Å². The molecule has 0 amide bonds. The molecule has 0 unspecified atom stereocenters. The molecule has 0 atom stereocenters. The van der Waals surface area contributed by atoms with E-state index in [4.69, 9.17) is 9.26 Å². The molecular weight excluding hydrogens is 335 g/mol. The highest BCUT2D eigenvalue weighted by Gasteiger charge is 2.39. The van der Waals surface area contributed by atoms with Gasteiger partial charge in [-0.3, -0.25) is 0 Å². The summed E-state index contributed by atoms with van der Waals surface area (Å²) >= 11 is 0. The molecule has 0 saturated carbocycles. The second kappa shape index (κ2) is 6.90. The third kappa shape index (κ3) is 3.61.